The first-order valence-electron chi connectivity index (χ1n) is 5.10. The van der Waals surface area contributed by atoms with E-state index in [1.54, 1.807) is 6.20 Å². The standard InChI is InChI=1S/C11H17BrN2OS/c1-8(14-16(15)11(2,3)4)9-5-6-10(12)13-7-9/h5-8,14H,1-4H3/t8?,16-/m0/s1. The number of nitrogens with zero attached hydrogens (tertiary/aromatic N) is 1. The Balaban J connectivity index is 2.65. The van der Waals surface area contributed by atoms with Gasteiger partial charge in [0.25, 0.3) is 0 Å². The summed E-state index contributed by atoms with van der Waals surface area (Å²) in [6.07, 6.45) is 1.78. The number of hydrogen-bond donors (Lipinski definition) is 1. The summed E-state index contributed by atoms with van der Waals surface area (Å²) in [4.78, 5) is 4.15. The molecule has 0 aromatic carbocycles. The molecule has 2 atom stereocenters. The number of halogens is 1. The minimum Gasteiger partial charge on any atom is -0.598 e. The van der Waals surface area contributed by atoms with Gasteiger partial charge >= 0.3 is 0 Å². The fourth-order valence-electron chi connectivity index (χ4n) is 1.05. The van der Waals surface area contributed by atoms with Crippen LogP contribution >= 0.6 is 15.9 Å². The van der Waals surface area contributed by atoms with Crippen molar-refractivity contribution in [2.75, 3.05) is 0 Å². The maximum atomic E-state index is 11.9. The summed E-state index contributed by atoms with van der Waals surface area (Å²) < 4.78 is 15.5. The second-order valence-corrected chi connectivity index (χ2v) is 7.45. The van der Waals surface area contributed by atoms with E-state index in [0.29, 0.717) is 0 Å². The van der Waals surface area contributed by atoms with Crippen LogP contribution in [0.5, 0.6) is 0 Å². The zero-order chi connectivity index (χ0) is 12.3. The van der Waals surface area contributed by atoms with E-state index in [1.165, 1.54) is 0 Å². The molecule has 0 bridgehead atoms. The van der Waals surface area contributed by atoms with Gasteiger partial charge in [-0.3, -0.25) is 0 Å². The maximum absolute atomic E-state index is 11.9. The molecule has 0 spiro atoms. The van der Waals surface area contributed by atoms with Crippen molar-refractivity contribution in [3.63, 3.8) is 0 Å². The summed E-state index contributed by atoms with van der Waals surface area (Å²) in [5.74, 6) is 0. The fraction of sp³-hybridized carbons (Fsp3) is 0.545. The largest absolute Gasteiger partial charge is 0.598 e. The molecule has 1 heterocycles. The summed E-state index contributed by atoms with van der Waals surface area (Å²) in [5.41, 5.74) is 1.03. The van der Waals surface area contributed by atoms with Crippen molar-refractivity contribution in [3.05, 3.63) is 28.5 Å². The van der Waals surface area contributed by atoms with Gasteiger partial charge in [-0.1, -0.05) is 6.07 Å². The number of nitrogens with one attached hydrogen (secondary N) is 1. The molecule has 1 N–H and O–H groups in total. The predicted octanol–water partition coefficient (Wildman–Crippen LogP) is 2.96. The Morgan fingerprint density at radius 2 is 2.06 bits per heavy atom. The lowest BCUT2D eigenvalue weighted by Gasteiger charge is -2.26. The number of rotatable bonds is 3. The van der Waals surface area contributed by atoms with Crippen molar-refractivity contribution >= 4 is 27.3 Å². The molecule has 0 saturated carbocycles. The van der Waals surface area contributed by atoms with Crippen LogP contribution in [0.25, 0.3) is 0 Å². The van der Waals surface area contributed by atoms with Gasteiger partial charge in [-0.05, 0) is 55.3 Å². The molecule has 0 radical (unpaired) electrons. The van der Waals surface area contributed by atoms with E-state index in [2.05, 4.69) is 25.6 Å². The summed E-state index contributed by atoms with van der Waals surface area (Å²) in [6, 6.07) is 3.88. The van der Waals surface area contributed by atoms with Crippen molar-refractivity contribution in [2.45, 2.75) is 38.5 Å². The Morgan fingerprint density at radius 3 is 2.50 bits per heavy atom. The zero-order valence-electron chi connectivity index (χ0n) is 9.95. The Kier molecular flexibility index (Phi) is 4.79. The lowest BCUT2D eigenvalue weighted by Crippen LogP contribution is -2.40. The molecule has 0 aliphatic heterocycles. The maximum Gasteiger partial charge on any atom is 0.136 e. The van der Waals surface area contributed by atoms with Crippen molar-refractivity contribution in [2.24, 2.45) is 0 Å². The van der Waals surface area contributed by atoms with Crippen molar-refractivity contribution in [3.8, 4) is 0 Å². The molecule has 0 fully saturated rings. The molecule has 90 valence electrons. The second kappa shape index (κ2) is 5.49. The normalized spacial score (nSPS) is 15.9. The average Bonchev–Trinajstić information content (AvgIpc) is 2.17. The monoisotopic (exact) mass is 304 g/mol. The van der Waals surface area contributed by atoms with Gasteiger partial charge in [0.2, 0.25) is 0 Å². The SMILES string of the molecule is CC(N[S@@+]([O-])C(C)(C)C)c1ccc(Br)nc1. The Bertz CT molecular complexity index is 337. The van der Waals surface area contributed by atoms with Crippen LogP contribution in [0.15, 0.2) is 22.9 Å². The first-order valence-corrected chi connectivity index (χ1v) is 7.04. The highest BCUT2D eigenvalue weighted by Gasteiger charge is 2.28. The van der Waals surface area contributed by atoms with Gasteiger partial charge in [0, 0.05) is 17.6 Å². The van der Waals surface area contributed by atoms with E-state index in [1.807, 2.05) is 39.8 Å². The lowest BCUT2D eigenvalue weighted by atomic mass is 10.2. The van der Waals surface area contributed by atoms with Crippen LogP contribution in [-0.4, -0.2) is 14.3 Å². The van der Waals surface area contributed by atoms with Crippen LogP contribution in [0.1, 0.15) is 39.3 Å². The van der Waals surface area contributed by atoms with Gasteiger partial charge in [-0.2, -0.15) is 0 Å². The van der Waals surface area contributed by atoms with Gasteiger partial charge < -0.3 is 4.55 Å². The third-order valence-corrected chi connectivity index (χ3v) is 4.24. The predicted molar refractivity (Wildman–Crippen MR) is 71.4 cm³/mol. The van der Waals surface area contributed by atoms with Gasteiger partial charge in [0.05, 0.1) is 6.04 Å². The van der Waals surface area contributed by atoms with E-state index in [0.717, 1.165) is 10.2 Å². The molecule has 1 aromatic heterocycles. The van der Waals surface area contributed by atoms with Crippen molar-refractivity contribution in [1.82, 2.24) is 9.71 Å². The molecule has 0 aliphatic carbocycles. The molecule has 0 amide bonds. The van der Waals surface area contributed by atoms with Gasteiger partial charge in [-0.25, -0.2) is 4.98 Å². The molecule has 0 saturated heterocycles. The highest BCUT2D eigenvalue weighted by atomic mass is 79.9. The zero-order valence-corrected chi connectivity index (χ0v) is 12.4. The number of aromatic nitrogens is 1. The quantitative estimate of drug-likeness (QED) is 0.690. The van der Waals surface area contributed by atoms with E-state index >= 15 is 0 Å². The molecular weight excluding hydrogens is 288 g/mol. The van der Waals surface area contributed by atoms with Crippen LogP contribution in [-0.2, 0) is 11.4 Å². The van der Waals surface area contributed by atoms with E-state index in [9.17, 15) is 4.55 Å². The first-order chi connectivity index (χ1) is 7.30. The highest BCUT2D eigenvalue weighted by Crippen LogP contribution is 2.19. The van der Waals surface area contributed by atoms with Crippen LogP contribution in [0.4, 0.5) is 0 Å². The molecule has 3 nitrogen and oxygen atoms in total. The Labute approximate surface area is 108 Å². The summed E-state index contributed by atoms with van der Waals surface area (Å²) in [6.45, 7) is 7.82. The molecule has 1 aromatic rings. The van der Waals surface area contributed by atoms with Crippen LogP contribution in [0.3, 0.4) is 0 Å². The minimum atomic E-state index is -1.06. The number of hydrogen-bond acceptors (Lipinski definition) is 3. The number of pyridine rings is 1. The summed E-state index contributed by atoms with van der Waals surface area (Å²) in [5, 5.41) is 0. The van der Waals surface area contributed by atoms with Crippen LogP contribution < -0.4 is 4.72 Å². The van der Waals surface area contributed by atoms with E-state index < -0.39 is 11.4 Å². The average molecular weight is 305 g/mol. The summed E-state index contributed by atoms with van der Waals surface area (Å²) in [7, 11) is 0. The lowest BCUT2D eigenvalue weighted by molar-refractivity contribution is 0.531. The molecule has 0 aliphatic rings. The summed E-state index contributed by atoms with van der Waals surface area (Å²) >= 11 is 2.22. The van der Waals surface area contributed by atoms with Gasteiger partial charge in [0.15, 0.2) is 0 Å². The molecule has 1 unspecified atom stereocenters. The minimum absolute atomic E-state index is 0.0284. The topological polar surface area (TPSA) is 48.0 Å². The molecule has 5 heteroatoms. The highest BCUT2D eigenvalue weighted by molar-refractivity contribution is 9.10. The van der Waals surface area contributed by atoms with Crippen molar-refractivity contribution < 1.29 is 4.55 Å². The van der Waals surface area contributed by atoms with Crippen LogP contribution in [0.2, 0.25) is 0 Å². The fourth-order valence-corrected chi connectivity index (χ4v) is 2.09. The van der Waals surface area contributed by atoms with E-state index in [-0.39, 0.29) is 10.8 Å². The second-order valence-electron chi connectivity index (χ2n) is 4.63. The third kappa shape index (κ3) is 4.05. The van der Waals surface area contributed by atoms with Crippen LogP contribution in [0, 0.1) is 0 Å². The van der Waals surface area contributed by atoms with Gasteiger partial charge in [0.1, 0.15) is 9.35 Å². The Hall–Kier alpha value is -0.100. The van der Waals surface area contributed by atoms with E-state index in [4.69, 9.17) is 0 Å². The molecule has 16 heavy (non-hydrogen) atoms. The van der Waals surface area contributed by atoms with Gasteiger partial charge in [-0.15, -0.1) is 4.72 Å². The third-order valence-electron chi connectivity index (χ3n) is 2.09. The Morgan fingerprint density at radius 1 is 1.44 bits per heavy atom. The smallest absolute Gasteiger partial charge is 0.136 e. The first kappa shape index (κ1) is 14.0. The molecule has 1 rings (SSSR count). The molecular formula is C11H17BrN2OS. The van der Waals surface area contributed by atoms with Crippen molar-refractivity contribution in [1.29, 1.82) is 0 Å².